The Hall–Kier alpha value is -2.14. The molecule has 1 saturated carbocycles. The number of hydrogen-bond donors (Lipinski definition) is 2. The van der Waals surface area contributed by atoms with E-state index < -0.39 is 0 Å². The Labute approximate surface area is 149 Å². The first-order valence-corrected chi connectivity index (χ1v) is 9.13. The second-order valence-electron chi connectivity index (χ2n) is 7.19. The summed E-state index contributed by atoms with van der Waals surface area (Å²) in [5, 5.41) is 10.8. The first-order chi connectivity index (χ1) is 12.0. The van der Waals surface area contributed by atoms with Crippen LogP contribution in [0.2, 0.25) is 0 Å². The van der Waals surface area contributed by atoms with Crippen molar-refractivity contribution in [1.82, 2.24) is 20.4 Å². The second-order valence-corrected chi connectivity index (χ2v) is 7.19. The molecule has 5 heteroatoms. The SMILES string of the molecule is Cc1ccc(C(NC(=O)CNC(C)C(C)n2cccn2)C2CC2)cc1. The molecule has 1 heterocycles. The summed E-state index contributed by atoms with van der Waals surface area (Å²) in [6, 6.07) is 10.9. The normalized spacial score (nSPS) is 17.7. The number of aryl methyl sites for hydroxylation is 1. The number of aromatic nitrogens is 2. The summed E-state index contributed by atoms with van der Waals surface area (Å²) < 4.78 is 1.91. The molecule has 25 heavy (non-hydrogen) atoms. The van der Waals surface area contributed by atoms with Gasteiger partial charge in [-0.05, 0) is 51.2 Å². The molecular formula is C20H28N4O. The lowest BCUT2D eigenvalue weighted by Gasteiger charge is -2.23. The van der Waals surface area contributed by atoms with Crippen LogP contribution in [0.5, 0.6) is 0 Å². The minimum atomic E-state index is 0.0528. The fourth-order valence-electron chi connectivity index (χ4n) is 3.08. The van der Waals surface area contributed by atoms with E-state index >= 15 is 0 Å². The third-order valence-electron chi connectivity index (χ3n) is 5.10. The van der Waals surface area contributed by atoms with Gasteiger partial charge in [-0.2, -0.15) is 5.10 Å². The quantitative estimate of drug-likeness (QED) is 0.777. The van der Waals surface area contributed by atoms with Crippen molar-refractivity contribution >= 4 is 5.91 Å². The van der Waals surface area contributed by atoms with E-state index in [-0.39, 0.29) is 24.0 Å². The summed E-state index contributed by atoms with van der Waals surface area (Å²) in [5.74, 6) is 0.629. The topological polar surface area (TPSA) is 59.0 Å². The van der Waals surface area contributed by atoms with Crippen LogP contribution in [0, 0.1) is 12.8 Å². The van der Waals surface area contributed by atoms with Crippen molar-refractivity contribution < 1.29 is 4.79 Å². The summed E-state index contributed by atoms with van der Waals surface area (Å²) in [4.78, 5) is 12.4. The van der Waals surface area contributed by atoms with Crippen molar-refractivity contribution in [3.63, 3.8) is 0 Å². The summed E-state index contributed by atoms with van der Waals surface area (Å²) in [7, 11) is 0. The van der Waals surface area contributed by atoms with Crippen molar-refractivity contribution in [3.8, 4) is 0 Å². The molecule has 0 bridgehead atoms. The maximum absolute atomic E-state index is 12.4. The number of hydrogen-bond acceptors (Lipinski definition) is 3. The average molecular weight is 340 g/mol. The van der Waals surface area contributed by atoms with Crippen LogP contribution < -0.4 is 10.6 Å². The molecule has 1 amide bonds. The van der Waals surface area contributed by atoms with E-state index in [2.05, 4.69) is 60.8 Å². The lowest BCUT2D eigenvalue weighted by Crippen LogP contribution is -2.42. The molecule has 0 radical (unpaired) electrons. The van der Waals surface area contributed by atoms with E-state index in [1.54, 1.807) is 6.20 Å². The molecule has 3 unspecified atom stereocenters. The Morgan fingerprint density at radius 1 is 1.28 bits per heavy atom. The fraction of sp³-hybridized carbons (Fsp3) is 0.500. The molecule has 0 saturated heterocycles. The number of benzene rings is 1. The Balaban J connectivity index is 1.53. The highest BCUT2D eigenvalue weighted by Gasteiger charge is 2.33. The Bertz CT molecular complexity index is 676. The molecule has 3 atom stereocenters. The van der Waals surface area contributed by atoms with E-state index in [1.807, 2.05) is 16.9 Å². The van der Waals surface area contributed by atoms with Gasteiger partial charge in [-0.1, -0.05) is 29.8 Å². The summed E-state index contributed by atoms with van der Waals surface area (Å²) in [6.45, 7) is 6.59. The van der Waals surface area contributed by atoms with Gasteiger partial charge in [-0.15, -0.1) is 0 Å². The Morgan fingerprint density at radius 2 is 2.00 bits per heavy atom. The highest BCUT2D eigenvalue weighted by molar-refractivity contribution is 5.78. The van der Waals surface area contributed by atoms with E-state index in [9.17, 15) is 4.79 Å². The van der Waals surface area contributed by atoms with Crippen molar-refractivity contribution in [2.24, 2.45) is 5.92 Å². The molecule has 0 aliphatic heterocycles. The number of nitrogens with one attached hydrogen (secondary N) is 2. The lowest BCUT2D eigenvalue weighted by molar-refractivity contribution is -0.121. The van der Waals surface area contributed by atoms with Crippen molar-refractivity contribution in [2.75, 3.05) is 6.54 Å². The largest absolute Gasteiger partial charge is 0.348 e. The minimum Gasteiger partial charge on any atom is -0.348 e. The molecule has 1 aromatic heterocycles. The predicted molar refractivity (Wildman–Crippen MR) is 99.2 cm³/mol. The molecule has 0 spiro atoms. The molecule has 1 aliphatic carbocycles. The van der Waals surface area contributed by atoms with Crippen molar-refractivity contribution in [1.29, 1.82) is 0 Å². The van der Waals surface area contributed by atoms with E-state index in [4.69, 9.17) is 0 Å². The van der Waals surface area contributed by atoms with Crippen LogP contribution in [-0.4, -0.2) is 28.3 Å². The minimum absolute atomic E-state index is 0.0528. The predicted octanol–water partition coefficient (Wildman–Crippen LogP) is 3.00. The lowest BCUT2D eigenvalue weighted by atomic mass is 10.0. The molecule has 2 N–H and O–H groups in total. The van der Waals surface area contributed by atoms with Crippen LogP contribution in [0.3, 0.4) is 0 Å². The molecule has 1 aromatic carbocycles. The monoisotopic (exact) mass is 340 g/mol. The van der Waals surface area contributed by atoms with Crippen LogP contribution in [0.25, 0.3) is 0 Å². The maximum atomic E-state index is 12.4. The fourth-order valence-corrected chi connectivity index (χ4v) is 3.08. The number of carbonyl (C=O) groups is 1. The summed E-state index contributed by atoms with van der Waals surface area (Å²) >= 11 is 0. The second kappa shape index (κ2) is 7.83. The molecule has 3 rings (SSSR count). The Morgan fingerprint density at radius 3 is 2.60 bits per heavy atom. The zero-order chi connectivity index (χ0) is 17.8. The van der Waals surface area contributed by atoms with E-state index in [0.29, 0.717) is 12.5 Å². The maximum Gasteiger partial charge on any atom is 0.234 e. The molecule has 1 fully saturated rings. The van der Waals surface area contributed by atoms with Gasteiger partial charge < -0.3 is 10.6 Å². The van der Waals surface area contributed by atoms with Gasteiger partial charge in [0.2, 0.25) is 5.91 Å². The molecule has 2 aromatic rings. The van der Waals surface area contributed by atoms with Crippen LogP contribution in [0.15, 0.2) is 42.7 Å². The highest BCUT2D eigenvalue weighted by atomic mass is 16.2. The van der Waals surface area contributed by atoms with Crippen molar-refractivity contribution in [2.45, 2.75) is 51.7 Å². The van der Waals surface area contributed by atoms with Gasteiger partial charge in [0.05, 0.1) is 18.6 Å². The van der Waals surface area contributed by atoms with Gasteiger partial charge in [0.1, 0.15) is 0 Å². The highest BCUT2D eigenvalue weighted by Crippen LogP contribution is 2.40. The molecule has 5 nitrogen and oxygen atoms in total. The molecule has 134 valence electrons. The molecular weight excluding hydrogens is 312 g/mol. The number of amides is 1. The van der Waals surface area contributed by atoms with Gasteiger partial charge in [0.25, 0.3) is 0 Å². The van der Waals surface area contributed by atoms with Gasteiger partial charge in [-0.25, -0.2) is 0 Å². The third-order valence-corrected chi connectivity index (χ3v) is 5.10. The summed E-state index contributed by atoms with van der Waals surface area (Å²) in [5.41, 5.74) is 2.45. The summed E-state index contributed by atoms with van der Waals surface area (Å²) in [6.07, 6.45) is 6.11. The van der Waals surface area contributed by atoms with Crippen LogP contribution in [-0.2, 0) is 4.79 Å². The zero-order valence-corrected chi connectivity index (χ0v) is 15.3. The van der Waals surface area contributed by atoms with E-state index in [1.165, 1.54) is 24.0 Å². The van der Waals surface area contributed by atoms with Crippen LogP contribution in [0.1, 0.15) is 49.9 Å². The van der Waals surface area contributed by atoms with Gasteiger partial charge in [0, 0.05) is 18.4 Å². The standard InChI is InChI=1S/C20H28N4O/c1-14-5-7-17(8-6-14)20(18-9-10-18)23-19(25)13-21-15(2)16(3)24-12-4-11-22-24/h4-8,11-12,15-16,18,20-21H,9-10,13H2,1-3H3,(H,23,25). The number of rotatable bonds is 8. The van der Waals surface area contributed by atoms with E-state index in [0.717, 1.165) is 0 Å². The van der Waals surface area contributed by atoms with Crippen molar-refractivity contribution in [3.05, 3.63) is 53.9 Å². The third kappa shape index (κ3) is 4.69. The first-order valence-electron chi connectivity index (χ1n) is 9.13. The van der Waals surface area contributed by atoms with Crippen LogP contribution in [0.4, 0.5) is 0 Å². The average Bonchev–Trinajstić information content (AvgIpc) is 3.31. The number of nitrogens with zero attached hydrogens (tertiary/aromatic N) is 2. The molecule has 1 aliphatic rings. The number of carbonyl (C=O) groups excluding carboxylic acids is 1. The van der Waals surface area contributed by atoms with Gasteiger partial charge >= 0.3 is 0 Å². The first kappa shape index (κ1) is 17.7. The van der Waals surface area contributed by atoms with Crippen LogP contribution >= 0.6 is 0 Å². The van der Waals surface area contributed by atoms with Gasteiger partial charge in [-0.3, -0.25) is 9.48 Å². The smallest absolute Gasteiger partial charge is 0.234 e. The Kier molecular flexibility index (Phi) is 5.53. The van der Waals surface area contributed by atoms with Gasteiger partial charge in [0.15, 0.2) is 0 Å². The zero-order valence-electron chi connectivity index (χ0n) is 15.3.